The van der Waals surface area contributed by atoms with Crippen molar-refractivity contribution < 1.29 is 13.2 Å². The molecule has 5 nitrogen and oxygen atoms in total. The van der Waals surface area contributed by atoms with Gasteiger partial charge in [0.1, 0.15) is 10.3 Å². The number of hydrogen-bond acceptors (Lipinski definition) is 4. The molecule has 0 fully saturated rings. The van der Waals surface area contributed by atoms with Crippen LogP contribution in [0.5, 0.6) is 0 Å². The van der Waals surface area contributed by atoms with E-state index in [1.165, 1.54) is 6.07 Å². The second kappa shape index (κ2) is 6.04. The average molecular weight is 375 g/mol. The van der Waals surface area contributed by atoms with Gasteiger partial charge in [0.2, 0.25) is 5.91 Å². The van der Waals surface area contributed by atoms with E-state index in [9.17, 15) is 13.2 Å². The Balaban J connectivity index is 2.32. The third kappa shape index (κ3) is 3.45. The summed E-state index contributed by atoms with van der Waals surface area (Å²) in [4.78, 5) is 11.5. The minimum Gasteiger partial charge on any atom is -0.368 e. The molecule has 2 aromatic rings. The number of rotatable bonds is 5. The highest BCUT2D eigenvalue weighted by atomic mass is 79.9. The van der Waals surface area contributed by atoms with Crippen molar-refractivity contribution in [2.24, 2.45) is 5.73 Å². The normalized spacial score (nSPS) is 13.1. The molecular formula is C12H11BrN2O3S2. The fraction of sp³-hybridized carbons (Fsp3) is 0.0833. The minimum absolute atomic E-state index is 0.117. The number of halogens is 1. The zero-order chi connectivity index (χ0) is 14.8. The first-order valence-corrected chi connectivity index (χ1v) is 8.61. The minimum atomic E-state index is -3.79. The second-order valence-corrected chi connectivity index (χ2v) is 8.33. The molecule has 1 aromatic carbocycles. The summed E-state index contributed by atoms with van der Waals surface area (Å²) >= 11 is 4.26. The number of thiophene rings is 1. The van der Waals surface area contributed by atoms with Crippen LogP contribution in [0.3, 0.4) is 0 Å². The largest absolute Gasteiger partial charge is 0.368 e. The lowest BCUT2D eigenvalue weighted by atomic mass is 10.1. The van der Waals surface area contributed by atoms with Gasteiger partial charge < -0.3 is 5.73 Å². The highest BCUT2D eigenvalue weighted by Gasteiger charge is 2.26. The van der Waals surface area contributed by atoms with Crippen molar-refractivity contribution in [3.05, 3.63) is 51.8 Å². The van der Waals surface area contributed by atoms with Crippen molar-refractivity contribution in [3.8, 4) is 0 Å². The Bertz CT molecular complexity index is 713. The van der Waals surface area contributed by atoms with Crippen LogP contribution in [0, 0.1) is 0 Å². The quantitative estimate of drug-likeness (QED) is 0.838. The first-order valence-electron chi connectivity index (χ1n) is 5.52. The molecule has 0 spiro atoms. The number of hydrogen-bond donors (Lipinski definition) is 2. The van der Waals surface area contributed by atoms with E-state index >= 15 is 0 Å². The molecule has 0 aliphatic heterocycles. The summed E-state index contributed by atoms with van der Waals surface area (Å²) in [5.41, 5.74) is 5.79. The lowest BCUT2D eigenvalue weighted by Crippen LogP contribution is -2.37. The van der Waals surface area contributed by atoms with Gasteiger partial charge >= 0.3 is 0 Å². The van der Waals surface area contributed by atoms with Gasteiger partial charge in [-0.2, -0.15) is 4.72 Å². The Morgan fingerprint density at radius 3 is 2.35 bits per heavy atom. The van der Waals surface area contributed by atoms with Crippen LogP contribution in [-0.2, 0) is 14.8 Å². The van der Waals surface area contributed by atoms with Gasteiger partial charge in [-0.05, 0) is 33.6 Å². The number of primary amides is 1. The van der Waals surface area contributed by atoms with Crippen LogP contribution >= 0.6 is 27.3 Å². The number of carbonyl (C=O) groups is 1. The lowest BCUT2D eigenvalue weighted by molar-refractivity contribution is -0.119. The summed E-state index contributed by atoms with van der Waals surface area (Å²) < 4.78 is 27.5. The predicted octanol–water partition coefficient (Wildman–Crippen LogP) is 2.02. The zero-order valence-electron chi connectivity index (χ0n) is 10.1. The lowest BCUT2D eigenvalue weighted by Gasteiger charge is -2.15. The molecule has 0 radical (unpaired) electrons. The molecule has 3 N–H and O–H groups in total. The number of benzene rings is 1. The Kier molecular flexibility index (Phi) is 4.59. The second-order valence-electron chi connectivity index (χ2n) is 3.93. The van der Waals surface area contributed by atoms with Crippen LogP contribution in [0.15, 0.2) is 50.5 Å². The van der Waals surface area contributed by atoms with Crippen LogP contribution in [-0.4, -0.2) is 14.3 Å². The molecule has 1 amide bonds. The maximum atomic E-state index is 12.2. The topological polar surface area (TPSA) is 89.3 Å². The molecule has 0 aliphatic carbocycles. The summed E-state index contributed by atoms with van der Waals surface area (Å²) in [6.45, 7) is 0. The van der Waals surface area contributed by atoms with Gasteiger partial charge in [0.25, 0.3) is 10.0 Å². The molecule has 8 heteroatoms. The first kappa shape index (κ1) is 15.2. The van der Waals surface area contributed by atoms with Crippen molar-refractivity contribution in [1.82, 2.24) is 4.72 Å². The van der Waals surface area contributed by atoms with Gasteiger partial charge in [0.15, 0.2) is 0 Å². The SMILES string of the molecule is NC(=O)C(NS(=O)(=O)c1ccc(Br)s1)c1ccccc1. The van der Waals surface area contributed by atoms with Gasteiger partial charge in [0, 0.05) is 0 Å². The Hall–Kier alpha value is -1.22. The maximum Gasteiger partial charge on any atom is 0.251 e. The smallest absolute Gasteiger partial charge is 0.251 e. The van der Waals surface area contributed by atoms with E-state index in [0.717, 1.165) is 11.3 Å². The standard InChI is InChI=1S/C12H11BrN2O3S2/c13-9-6-7-10(19-9)20(17,18)15-11(12(14)16)8-4-2-1-3-5-8/h1-7,11,15H,(H2,14,16). The van der Waals surface area contributed by atoms with E-state index < -0.39 is 22.0 Å². The van der Waals surface area contributed by atoms with Crippen LogP contribution < -0.4 is 10.5 Å². The van der Waals surface area contributed by atoms with Gasteiger partial charge in [-0.25, -0.2) is 8.42 Å². The molecule has 0 aliphatic rings. The van der Waals surface area contributed by atoms with Crippen molar-refractivity contribution in [1.29, 1.82) is 0 Å². The third-order valence-electron chi connectivity index (χ3n) is 2.50. The molecule has 1 heterocycles. The molecule has 0 saturated heterocycles. The van der Waals surface area contributed by atoms with E-state index in [4.69, 9.17) is 5.73 Å². The Labute approximate surface area is 129 Å². The van der Waals surface area contributed by atoms with E-state index in [1.54, 1.807) is 36.4 Å². The highest BCUT2D eigenvalue weighted by Crippen LogP contribution is 2.27. The summed E-state index contributed by atoms with van der Waals surface area (Å²) in [7, 11) is -3.79. The zero-order valence-corrected chi connectivity index (χ0v) is 13.3. The van der Waals surface area contributed by atoms with Crippen LogP contribution in [0.4, 0.5) is 0 Å². The van der Waals surface area contributed by atoms with E-state index in [1.807, 2.05) is 0 Å². The monoisotopic (exact) mass is 374 g/mol. The summed E-state index contributed by atoms with van der Waals surface area (Å²) in [6, 6.07) is 10.5. The molecule has 1 unspecified atom stereocenters. The number of nitrogens with one attached hydrogen (secondary N) is 1. The van der Waals surface area contributed by atoms with Crippen LogP contribution in [0.1, 0.15) is 11.6 Å². The molecule has 106 valence electrons. The van der Waals surface area contributed by atoms with Crippen LogP contribution in [0.2, 0.25) is 0 Å². The van der Waals surface area contributed by atoms with Gasteiger partial charge in [-0.1, -0.05) is 30.3 Å². The van der Waals surface area contributed by atoms with Crippen molar-refractivity contribution in [3.63, 3.8) is 0 Å². The molecule has 0 saturated carbocycles. The Morgan fingerprint density at radius 2 is 1.85 bits per heavy atom. The van der Waals surface area contributed by atoms with E-state index in [2.05, 4.69) is 20.7 Å². The van der Waals surface area contributed by atoms with Gasteiger partial charge in [-0.3, -0.25) is 4.79 Å². The number of sulfonamides is 1. The number of amides is 1. The average Bonchev–Trinajstić information content (AvgIpc) is 2.84. The molecule has 2 rings (SSSR count). The number of nitrogens with two attached hydrogens (primary N) is 1. The first-order chi connectivity index (χ1) is 9.40. The fourth-order valence-corrected chi connectivity index (χ4v) is 4.81. The number of carbonyl (C=O) groups excluding carboxylic acids is 1. The van der Waals surface area contributed by atoms with Crippen molar-refractivity contribution in [2.75, 3.05) is 0 Å². The van der Waals surface area contributed by atoms with Gasteiger partial charge in [-0.15, -0.1) is 11.3 Å². The van der Waals surface area contributed by atoms with Gasteiger partial charge in [0.05, 0.1) is 3.79 Å². The summed E-state index contributed by atoms with van der Waals surface area (Å²) in [5.74, 6) is -0.754. The molecule has 1 atom stereocenters. The van der Waals surface area contributed by atoms with E-state index in [0.29, 0.717) is 9.35 Å². The molecular weight excluding hydrogens is 364 g/mol. The molecule has 20 heavy (non-hydrogen) atoms. The summed E-state index contributed by atoms with van der Waals surface area (Å²) in [6.07, 6.45) is 0. The van der Waals surface area contributed by atoms with E-state index in [-0.39, 0.29) is 4.21 Å². The Morgan fingerprint density at radius 1 is 1.20 bits per heavy atom. The third-order valence-corrected chi connectivity index (χ3v) is 6.04. The molecule has 0 bridgehead atoms. The fourth-order valence-electron chi connectivity index (χ4n) is 1.59. The maximum absolute atomic E-state index is 12.2. The molecule has 1 aromatic heterocycles. The van der Waals surface area contributed by atoms with Crippen molar-refractivity contribution in [2.45, 2.75) is 10.3 Å². The predicted molar refractivity (Wildman–Crippen MR) is 80.7 cm³/mol. The van der Waals surface area contributed by atoms with Crippen molar-refractivity contribution >= 4 is 43.2 Å². The highest BCUT2D eigenvalue weighted by molar-refractivity contribution is 9.11. The summed E-state index contributed by atoms with van der Waals surface area (Å²) in [5, 5.41) is 0. The van der Waals surface area contributed by atoms with Crippen LogP contribution in [0.25, 0.3) is 0 Å².